The topological polar surface area (TPSA) is 90.4 Å². The van der Waals surface area contributed by atoms with E-state index in [1.807, 2.05) is 0 Å². The van der Waals surface area contributed by atoms with E-state index in [4.69, 9.17) is 14.3 Å². The van der Waals surface area contributed by atoms with E-state index in [0.29, 0.717) is 32.7 Å². The molecule has 0 bridgehead atoms. The standard InChI is InChI=1S/C24H25F3N2O5/c1-33-19-5-3-2-4-15(19)20-21(32)16-6-7-18(31)17(22(16)34-23(20)24(25,26)27)14-29-10-8-28(9-11-29)12-13-30/h2-7,30-31H,8-14H2,1H3. The Hall–Kier alpha value is -3.08. The molecule has 7 nitrogen and oxygen atoms in total. The van der Waals surface area contributed by atoms with Crippen molar-refractivity contribution in [2.24, 2.45) is 0 Å². The number of methoxy groups -OCH3 is 1. The molecular formula is C24H25F3N2O5. The van der Waals surface area contributed by atoms with Gasteiger partial charge in [-0.2, -0.15) is 13.2 Å². The van der Waals surface area contributed by atoms with Crippen molar-refractivity contribution in [3.63, 3.8) is 0 Å². The summed E-state index contributed by atoms with van der Waals surface area (Å²) in [6, 6.07) is 8.35. The second kappa shape index (κ2) is 9.65. The molecule has 0 radical (unpaired) electrons. The van der Waals surface area contributed by atoms with Gasteiger partial charge in [-0.25, -0.2) is 0 Å². The maximum absolute atomic E-state index is 14.1. The van der Waals surface area contributed by atoms with Crippen molar-refractivity contribution in [2.75, 3.05) is 46.4 Å². The summed E-state index contributed by atoms with van der Waals surface area (Å²) in [6.45, 7) is 3.39. The molecule has 0 amide bonds. The highest BCUT2D eigenvalue weighted by Crippen LogP contribution is 2.41. The summed E-state index contributed by atoms with van der Waals surface area (Å²) in [5.41, 5.74) is -1.83. The lowest BCUT2D eigenvalue weighted by molar-refractivity contribution is -0.918. The van der Waals surface area contributed by atoms with Gasteiger partial charge in [0.05, 0.1) is 37.8 Å². The van der Waals surface area contributed by atoms with E-state index >= 15 is 0 Å². The molecule has 2 aromatic carbocycles. The van der Waals surface area contributed by atoms with Gasteiger partial charge >= 0.3 is 6.18 Å². The van der Waals surface area contributed by atoms with E-state index in [1.54, 1.807) is 6.07 Å². The lowest BCUT2D eigenvalue weighted by atomic mass is 9.99. The van der Waals surface area contributed by atoms with Gasteiger partial charge in [0, 0.05) is 30.8 Å². The highest BCUT2D eigenvalue weighted by Gasteiger charge is 2.40. The summed E-state index contributed by atoms with van der Waals surface area (Å²) in [5, 5.41) is 21.7. The van der Waals surface area contributed by atoms with Gasteiger partial charge in [0.15, 0.2) is 0 Å². The summed E-state index contributed by atoms with van der Waals surface area (Å²) in [4.78, 5) is 16.4. The Kier molecular flexibility index (Phi) is 6.83. The zero-order valence-electron chi connectivity index (χ0n) is 18.6. The average molecular weight is 478 g/mol. The number of β-amino-alcohol motifs (C(OH)–C–C–N with tert-alkyl or cyclic N) is 1. The second-order valence-electron chi connectivity index (χ2n) is 8.24. The van der Waals surface area contributed by atoms with E-state index in [2.05, 4.69) is 4.90 Å². The van der Waals surface area contributed by atoms with Crippen molar-refractivity contribution in [3.8, 4) is 22.6 Å². The van der Waals surface area contributed by atoms with Crippen LogP contribution in [0, 0.1) is 0 Å². The van der Waals surface area contributed by atoms with Crippen LogP contribution in [0.15, 0.2) is 45.6 Å². The minimum absolute atomic E-state index is 0.0358. The highest BCUT2D eigenvalue weighted by molar-refractivity contribution is 5.87. The number of aliphatic hydroxyl groups is 1. The summed E-state index contributed by atoms with van der Waals surface area (Å²) >= 11 is 0. The van der Waals surface area contributed by atoms with Crippen molar-refractivity contribution < 1.29 is 37.4 Å². The quantitative estimate of drug-likeness (QED) is 0.555. The average Bonchev–Trinajstić information content (AvgIpc) is 2.81. The first-order valence-electron chi connectivity index (χ1n) is 10.9. The number of hydrogen-bond donors (Lipinski definition) is 2. The van der Waals surface area contributed by atoms with Crippen molar-refractivity contribution in [3.05, 3.63) is 57.9 Å². The fourth-order valence-electron chi connectivity index (χ4n) is 4.42. The van der Waals surface area contributed by atoms with Crippen LogP contribution in [0.5, 0.6) is 11.5 Å². The van der Waals surface area contributed by atoms with Crippen molar-refractivity contribution in [2.45, 2.75) is 12.7 Å². The smallest absolute Gasteiger partial charge is 0.450 e. The molecule has 0 saturated carbocycles. The Morgan fingerprint density at radius 1 is 1.18 bits per heavy atom. The number of piperazine rings is 1. The molecule has 0 spiro atoms. The zero-order valence-corrected chi connectivity index (χ0v) is 18.6. The number of fused-ring (bicyclic) bond motifs is 1. The van der Waals surface area contributed by atoms with Gasteiger partial charge in [-0.15, -0.1) is 0 Å². The molecule has 34 heavy (non-hydrogen) atoms. The molecule has 1 aliphatic heterocycles. The number of para-hydroxylation sites is 1. The molecule has 1 saturated heterocycles. The Labute approximate surface area is 193 Å². The Morgan fingerprint density at radius 3 is 2.53 bits per heavy atom. The van der Waals surface area contributed by atoms with Gasteiger partial charge in [-0.3, -0.25) is 9.69 Å². The molecule has 0 unspecified atom stereocenters. The maximum atomic E-state index is 14.1. The maximum Gasteiger partial charge on any atom is 0.450 e. The van der Waals surface area contributed by atoms with Gasteiger partial charge in [-0.05, 0) is 12.1 Å². The molecule has 4 rings (SSSR count). The molecule has 3 aromatic rings. The lowest BCUT2D eigenvalue weighted by Crippen LogP contribution is -3.13. The van der Waals surface area contributed by atoms with E-state index in [1.165, 1.54) is 37.4 Å². The largest absolute Gasteiger partial charge is 0.872 e. The third-order valence-electron chi connectivity index (χ3n) is 6.16. The number of quaternary nitrogens is 1. The molecule has 10 heteroatoms. The highest BCUT2D eigenvalue weighted by atomic mass is 19.4. The fraction of sp³-hybridized carbons (Fsp3) is 0.375. The number of halogens is 3. The third kappa shape index (κ3) is 4.61. The Balaban J connectivity index is 1.85. The van der Waals surface area contributed by atoms with E-state index in [0.717, 1.165) is 4.90 Å². The molecule has 2 heterocycles. The van der Waals surface area contributed by atoms with E-state index in [9.17, 15) is 23.1 Å². The second-order valence-corrected chi connectivity index (χ2v) is 8.24. The van der Waals surface area contributed by atoms with E-state index < -0.39 is 28.7 Å². The van der Waals surface area contributed by atoms with Crippen LogP contribution in [0.3, 0.4) is 0 Å². The van der Waals surface area contributed by atoms with Crippen LogP contribution in [-0.2, 0) is 12.7 Å². The van der Waals surface area contributed by atoms with Crippen LogP contribution in [0.25, 0.3) is 22.1 Å². The molecule has 1 aliphatic rings. The first kappa shape index (κ1) is 24.1. The van der Waals surface area contributed by atoms with Crippen LogP contribution in [0.1, 0.15) is 11.3 Å². The van der Waals surface area contributed by atoms with Gasteiger partial charge in [0.1, 0.15) is 17.9 Å². The number of nitrogens with zero attached hydrogens (tertiary/aromatic N) is 1. The summed E-state index contributed by atoms with van der Waals surface area (Å²) in [7, 11) is 1.31. The monoisotopic (exact) mass is 478 g/mol. The predicted octanol–water partition coefficient (Wildman–Crippen LogP) is 1.25. The third-order valence-corrected chi connectivity index (χ3v) is 6.16. The fourth-order valence-corrected chi connectivity index (χ4v) is 4.42. The molecule has 182 valence electrons. The number of nitrogens with one attached hydrogen (secondary N) is 1. The summed E-state index contributed by atoms with van der Waals surface area (Å²) in [5.74, 6) is -1.83. The summed E-state index contributed by atoms with van der Waals surface area (Å²) in [6.07, 6.45) is -4.97. The predicted molar refractivity (Wildman–Crippen MR) is 117 cm³/mol. The van der Waals surface area contributed by atoms with Gasteiger partial charge in [-0.1, -0.05) is 30.0 Å². The van der Waals surface area contributed by atoms with Crippen LogP contribution in [0.4, 0.5) is 13.2 Å². The number of rotatable bonds is 6. The van der Waals surface area contributed by atoms with Crippen molar-refractivity contribution >= 4 is 11.0 Å². The number of benzene rings is 2. The van der Waals surface area contributed by atoms with Crippen molar-refractivity contribution in [1.82, 2.24) is 4.90 Å². The van der Waals surface area contributed by atoms with Gasteiger partial charge < -0.3 is 24.3 Å². The van der Waals surface area contributed by atoms with Crippen LogP contribution in [-0.4, -0.2) is 56.4 Å². The van der Waals surface area contributed by atoms with Crippen LogP contribution in [0.2, 0.25) is 0 Å². The summed E-state index contributed by atoms with van der Waals surface area (Å²) < 4.78 is 52.9. The lowest BCUT2D eigenvalue weighted by Gasteiger charge is -2.32. The zero-order chi connectivity index (χ0) is 24.5. The van der Waals surface area contributed by atoms with Gasteiger partial charge in [0.2, 0.25) is 11.2 Å². The molecule has 2 N–H and O–H groups in total. The van der Waals surface area contributed by atoms with Crippen LogP contribution >= 0.6 is 0 Å². The number of ether oxygens (including phenoxy) is 1. The number of aliphatic hydroxyl groups excluding tert-OH is 1. The van der Waals surface area contributed by atoms with Gasteiger partial charge in [0.25, 0.3) is 0 Å². The minimum Gasteiger partial charge on any atom is -0.872 e. The number of hydrogen-bond acceptors (Lipinski definition) is 6. The van der Waals surface area contributed by atoms with Crippen LogP contribution < -0.4 is 20.2 Å². The number of alkyl halides is 3. The minimum atomic E-state index is -4.97. The normalized spacial score (nSPS) is 15.7. The molecule has 1 fully saturated rings. The van der Waals surface area contributed by atoms with E-state index in [-0.39, 0.29) is 41.0 Å². The molecule has 0 atom stereocenters. The Morgan fingerprint density at radius 2 is 1.88 bits per heavy atom. The molecular weight excluding hydrogens is 453 g/mol. The molecule has 0 aliphatic carbocycles. The SMILES string of the molecule is COc1ccccc1-c1c(C(F)(F)F)oc2c(C[NH+]3CCN(CCO)CC3)c([O-])ccc2c1=O. The molecule has 1 aromatic heterocycles. The first-order chi connectivity index (χ1) is 16.2. The van der Waals surface area contributed by atoms with Crippen molar-refractivity contribution in [1.29, 1.82) is 0 Å². The first-order valence-corrected chi connectivity index (χ1v) is 10.9. The Bertz CT molecular complexity index is 1230.